The Morgan fingerprint density at radius 1 is 1.00 bits per heavy atom. The molecule has 1 saturated heterocycles. The number of benzene rings is 2. The lowest BCUT2D eigenvalue weighted by Gasteiger charge is -2.18. The van der Waals surface area contributed by atoms with Gasteiger partial charge in [-0.25, -0.2) is 0 Å². The molecule has 1 fully saturated rings. The first kappa shape index (κ1) is 17.5. The molecule has 1 aliphatic heterocycles. The van der Waals surface area contributed by atoms with E-state index in [2.05, 4.69) is 16.3 Å². The van der Waals surface area contributed by atoms with Crippen LogP contribution in [0.2, 0.25) is 5.02 Å². The zero-order chi connectivity index (χ0) is 17.6. The van der Waals surface area contributed by atoms with Crippen LogP contribution in [-0.4, -0.2) is 24.8 Å². The lowest BCUT2D eigenvalue weighted by atomic mass is 10.1. The maximum atomic E-state index is 12.2. The summed E-state index contributed by atoms with van der Waals surface area (Å²) in [6.45, 7) is 2.12. The van der Waals surface area contributed by atoms with Crippen LogP contribution in [-0.2, 0) is 4.79 Å². The first-order chi connectivity index (χ1) is 12.1. The summed E-state index contributed by atoms with van der Waals surface area (Å²) in [6, 6.07) is 14.8. The number of nitrogens with one attached hydrogen (secondary N) is 1. The summed E-state index contributed by atoms with van der Waals surface area (Å²) in [5.74, 6) is -0.287. The molecular weight excluding hydrogens is 336 g/mol. The highest BCUT2D eigenvalue weighted by molar-refractivity contribution is 6.34. The highest BCUT2D eigenvalue weighted by Crippen LogP contribution is 2.23. The minimum absolute atomic E-state index is 0.119. The summed E-state index contributed by atoms with van der Waals surface area (Å²) in [7, 11) is 0. The van der Waals surface area contributed by atoms with E-state index < -0.39 is 0 Å². The topological polar surface area (TPSA) is 49.4 Å². The highest BCUT2D eigenvalue weighted by Gasteiger charge is 2.14. The molecule has 130 valence electrons. The summed E-state index contributed by atoms with van der Waals surface area (Å²) in [5.41, 5.74) is 2.36. The number of amides is 1. The van der Waals surface area contributed by atoms with Crippen molar-refractivity contribution in [2.75, 3.05) is 23.3 Å². The molecule has 0 atom stereocenters. The van der Waals surface area contributed by atoms with E-state index in [-0.39, 0.29) is 24.5 Å². The maximum Gasteiger partial charge on any atom is 0.224 e. The van der Waals surface area contributed by atoms with Crippen LogP contribution in [0.4, 0.5) is 11.4 Å². The minimum atomic E-state index is -0.168. The first-order valence-electron chi connectivity index (χ1n) is 8.56. The van der Waals surface area contributed by atoms with Crippen molar-refractivity contribution in [3.63, 3.8) is 0 Å². The molecule has 1 aliphatic rings. The molecule has 5 heteroatoms. The number of carbonyl (C=O) groups is 2. The third kappa shape index (κ3) is 4.60. The van der Waals surface area contributed by atoms with E-state index in [0.717, 1.165) is 24.5 Å². The molecule has 1 heterocycles. The van der Waals surface area contributed by atoms with Crippen molar-refractivity contribution >= 4 is 34.7 Å². The van der Waals surface area contributed by atoms with Gasteiger partial charge in [-0.1, -0.05) is 29.8 Å². The summed E-state index contributed by atoms with van der Waals surface area (Å²) >= 11 is 6.02. The standard InChI is InChI=1S/C20H21ClN2O2/c21-18-9-2-1-8-17(18)19(24)10-11-20(25)22-15-6-5-7-16(14-15)23-12-3-4-13-23/h1-2,5-9,14H,3-4,10-13H2,(H,22,25). The molecule has 0 saturated carbocycles. The van der Waals surface area contributed by atoms with Gasteiger partial charge in [0, 0.05) is 42.9 Å². The van der Waals surface area contributed by atoms with Gasteiger partial charge in [0.25, 0.3) is 0 Å². The van der Waals surface area contributed by atoms with Crippen LogP contribution in [0.3, 0.4) is 0 Å². The minimum Gasteiger partial charge on any atom is -0.371 e. The van der Waals surface area contributed by atoms with E-state index >= 15 is 0 Å². The highest BCUT2D eigenvalue weighted by atomic mass is 35.5. The van der Waals surface area contributed by atoms with E-state index in [9.17, 15) is 9.59 Å². The number of hydrogen-bond donors (Lipinski definition) is 1. The Balaban J connectivity index is 1.55. The summed E-state index contributed by atoms with van der Waals surface area (Å²) < 4.78 is 0. The lowest BCUT2D eigenvalue weighted by molar-refractivity contribution is -0.116. The van der Waals surface area contributed by atoms with E-state index in [0.29, 0.717) is 10.6 Å². The molecule has 1 N–H and O–H groups in total. The van der Waals surface area contributed by atoms with Crippen molar-refractivity contribution in [3.8, 4) is 0 Å². The first-order valence-corrected chi connectivity index (χ1v) is 8.94. The van der Waals surface area contributed by atoms with Gasteiger partial charge in [0.05, 0.1) is 5.02 Å². The van der Waals surface area contributed by atoms with E-state index in [1.807, 2.05) is 18.2 Å². The molecule has 0 spiro atoms. The number of hydrogen-bond acceptors (Lipinski definition) is 3. The zero-order valence-electron chi connectivity index (χ0n) is 14.0. The van der Waals surface area contributed by atoms with Gasteiger partial charge >= 0.3 is 0 Å². The fourth-order valence-corrected chi connectivity index (χ4v) is 3.27. The van der Waals surface area contributed by atoms with Crippen molar-refractivity contribution in [3.05, 3.63) is 59.1 Å². The second kappa shape index (κ2) is 8.17. The monoisotopic (exact) mass is 356 g/mol. The SMILES string of the molecule is O=C(CCC(=O)c1ccccc1Cl)Nc1cccc(N2CCCC2)c1. The van der Waals surface area contributed by atoms with Crippen LogP contribution in [0.15, 0.2) is 48.5 Å². The van der Waals surface area contributed by atoms with Gasteiger partial charge in [-0.3, -0.25) is 9.59 Å². The van der Waals surface area contributed by atoms with Crippen LogP contribution in [0.25, 0.3) is 0 Å². The van der Waals surface area contributed by atoms with Crippen molar-refractivity contribution < 1.29 is 9.59 Å². The summed E-state index contributed by atoms with van der Waals surface area (Å²) in [4.78, 5) is 26.7. The molecule has 0 unspecified atom stereocenters. The average molecular weight is 357 g/mol. The van der Waals surface area contributed by atoms with Crippen LogP contribution in [0, 0.1) is 0 Å². The fourth-order valence-electron chi connectivity index (χ4n) is 3.03. The van der Waals surface area contributed by atoms with Gasteiger partial charge in [0.1, 0.15) is 0 Å². The molecule has 1 amide bonds. The Morgan fingerprint density at radius 2 is 1.76 bits per heavy atom. The quantitative estimate of drug-likeness (QED) is 0.773. The second-order valence-corrected chi connectivity index (χ2v) is 6.60. The molecule has 3 rings (SSSR count). The number of Topliss-reactive ketones (excluding diaryl/α,β-unsaturated/α-hetero) is 1. The number of anilines is 2. The van der Waals surface area contributed by atoms with Crippen LogP contribution in [0.5, 0.6) is 0 Å². The molecule has 25 heavy (non-hydrogen) atoms. The summed E-state index contributed by atoms with van der Waals surface area (Å²) in [6.07, 6.45) is 2.70. The van der Waals surface area contributed by atoms with E-state index in [4.69, 9.17) is 11.6 Å². The van der Waals surface area contributed by atoms with Crippen LogP contribution < -0.4 is 10.2 Å². The molecule has 0 aromatic heterocycles. The van der Waals surface area contributed by atoms with Crippen molar-refractivity contribution in [1.29, 1.82) is 0 Å². The van der Waals surface area contributed by atoms with Gasteiger partial charge in [-0.15, -0.1) is 0 Å². The Bertz CT molecular complexity index is 770. The fraction of sp³-hybridized carbons (Fsp3) is 0.300. The normalized spacial score (nSPS) is 13.7. The van der Waals surface area contributed by atoms with Crippen molar-refractivity contribution in [2.45, 2.75) is 25.7 Å². The molecule has 2 aromatic rings. The third-order valence-corrected chi connectivity index (χ3v) is 4.68. The third-order valence-electron chi connectivity index (χ3n) is 4.35. The number of ketones is 1. The molecule has 0 bridgehead atoms. The Labute approximate surface area is 152 Å². The van der Waals surface area contributed by atoms with Crippen molar-refractivity contribution in [1.82, 2.24) is 0 Å². The van der Waals surface area contributed by atoms with Gasteiger partial charge in [-0.2, -0.15) is 0 Å². The average Bonchev–Trinajstić information content (AvgIpc) is 3.15. The van der Waals surface area contributed by atoms with Crippen LogP contribution in [0.1, 0.15) is 36.0 Å². The van der Waals surface area contributed by atoms with E-state index in [1.54, 1.807) is 24.3 Å². The second-order valence-electron chi connectivity index (χ2n) is 6.20. The lowest BCUT2D eigenvalue weighted by Crippen LogP contribution is -2.18. The Hall–Kier alpha value is -2.33. The van der Waals surface area contributed by atoms with Gasteiger partial charge in [-0.05, 0) is 43.2 Å². The van der Waals surface area contributed by atoms with Crippen molar-refractivity contribution in [2.24, 2.45) is 0 Å². The summed E-state index contributed by atoms with van der Waals surface area (Å²) in [5, 5.41) is 3.30. The Kier molecular flexibility index (Phi) is 5.71. The maximum absolute atomic E-state index is 12.2. The smallest absolute Gasteiger partial charge is 0.224 e. The number of halogens is 1. The molecule has 0 radical (unpaired) electrons. The number of nitrogens with zero attached hydrogens (tertiary/aromatic N) is 1. The van der Waals surface area contributed by atoms with Crippen LogP contribution >= 0.6 is 11.6 Å². The Morgan fingerprint density at radius 3 is 2.52 bits per heavy atom. The zero-order valence-corrected chi connectivity index (χ0v) is 14.8. The number of rotatable bonds is 6. The molecule has 0 aliphatic carbocycles. The largest absolute Gasteiger partial charge is 0.371 e. The molecule has 4 nitrogen and oxygen atoms in total. The molecule has 2 aromatic carbocycles. The van der Waals surface area contributed by atoms with E-state index in [1.165, 1.54) is 12.8 Å². The number of carbonyl (C=O) groups excluding carboxylic acids is 2. The predicted molar refractivity (Wildman–Crippen MR) is 102 cm³/mol. The van der Waals surface area contributed by atoms with Gasteiger partial charge < -0.3 is 10.2 Å². The van der Waals surface area contributed by atoms with Gasteiger partial charge in [0.2, 0.25) is 5.91 Å². The predicted octanol–water partition coefficient (Wildman–Crippen LogP) is 4.54. The molecular formula is C20H21ClN2O2. The van der Waals surface area contributed by atoms with Gasteiger partial charge in [0.15, 0.2) is 5.78 Å².